The Bertz CT molecular complexity index is 606. The molecule has 1 unspecified atom stereocenters. The van der Waals surface area contributed by atoms with Crippen molar-refractivity contribution in [2.45, 2.75) is 19.0 Å². The van der Waals surface area contributed by atoms with Crippen molar-refractivity contribution >= 4 is 12.4 Å². The summed E-state index contributed by atoms with van der Waals surface area (Å²) in [6.45, 7) is 2.93. The molecule has 1 saturated heterocycles. The molecule has 22 heavy (non-hydrogen) atoms. The summed E-state index contributed by atoms with van der Waals surface area (Å²) >= 11 is 0. The van der Waals surface area contributed by atoms with E-state index >= 15 is 0 Å². The lowest BCUT2D eigenvalue weighted by Gasteiger charge is -2.15. The first-order chi connectivity index (χ1) is 10.2. The molecule has 3 nitrogen and oxygen atoms in total. The summed E-state index contributed by atoms with van der Waals surface area (Å²) in [4.78, 5) is 2.35. The zero-order chi connectivity index (χ0) is 14.7. The monoisotopic (exact) mass is 322 g/mol. The van der Waals surface area contributed by atoms with Gasteiger partial charge in [-0.1, -0.05) is 18.2 Å². The van der Waals surface area contributed by atoms with Crippen molar-refractivity contribution in [3.63, 3.8) is 0 Å². The molecule has 0 saturated carbocycles. The van der Waals surface area contributed by atoms with Crippen LogP contribution in [0.4, 0.5) is 4.39 Å². The molecule has 2 aromatic rings. The van der Waals surface area contributed by atoms with Crippen molar-refractivity contribution in [2.75, 3.05) is 13.1 Å². The van der Waals surface area contributed by atoms with E-state index in [0.29, 0.717) is 17.5 Å². The van der Waals surface area contributed by atoms with Gasteiger partial charge in [0.1, 0.15) is 17.3 Å². The van der Waals surface area contributed by atoms with Crippen LogP contribution in [0.2, 0.25) is 0 Å². The Kier molecular flexibility index (Phi) is 5.77. The van der Waals surface area contributed by atoms with Crippen molar-refractivity contribution in [3.8, 4) is 11.5 Å². The molecule has 0 aliphatic carbocycles. The number of nitrogens with two attached hydrogens (primary N) is 1. The van der Waals surface area contributed by atoms with E-state index in [1.165, 1.54) is 17.7 Å². The van der Waals surface area contributed by atoms with Gasteiger partial charge >= 0.3 is 0 Å². The number of halogens is 2. The highest BCUT2D eigenvalue weighted by Crippen LogP contribution is 2.23. The topological polar surface area (TPSA) is 38.5 Å². The average Bonchev–Trinajstić information content (AvgIpc) is 2.86. The average molecular weight is 323 g/mol. The van der Waals surface area contributed by atoms with Crippen molar-refractivity contribution in [2.24, 2.45) is 5.73 Å². The second-order valence-corrected chi connectivity index (χ2v) is 5.49. The second kappa shape index (κ2) is 7.58. The van der Waals surface area contributed by atoms with Gasteiger partial charge in [0.15, 0.2) is 0 Å². The Morgan fingerprint density at radius 1 is 1.14 bits per heavy atom. The summed E-state index contributed by atoms with van der Waals surface area (Å²) in [5.41, 5.74) is 7.14. The standard InChI is InChI=1S/C17H19FN2O.ClH/c18-14-2-1-3-17(10-14)21-16-6-4-13(5-7-16)11-20-9-8-15(19)12-20;/h1-7,10,15H,8-9,11-12,19H2;1H. The first-order valence-electron chi connectivity index (χ1n) is 7.19. The molecule has 0 bridgehead atoms. The van der Waals surface area contributed by atoms with Gasteiger partial charge in [0.05, 0.1) is 0 Å². The number of hydrogen-bond donors (Lipinski definition) is 1. The number of hydrogen-bond acceptors (Lipinski definition) is 3. The van der Waals surface area contributed by atoms with Crippen LogP contribution < -0.4 is 10.5 Å². The van der Waals surface area contributed by atoms with Gasteiger partial charge in [-0.2, -0.15) is 0 Å². The van der Waals surface area contributed by atoms with E-state index in [-0.39, 0.29) is 18.2 Å². The molecule has 1 fully saturated rings. The van der Waals surface area contributed by atoms with E-state index in [1.54, 1.807) is 12.1 Å². The summed E-state index contributed by atoms with van der Waals surface area (Å²) in [7, 11) is 0. The SMILES string of the molecule is Cl.NC1CCN(Cc2ccc(Oc3cccc(F)c3)cc2)C1. The smallest absolute Gasteiger partial charge is 0.130 e. The van der Waals surface area contributed by atoms with E-state index in [9.17, 15) is 4.39 Å². The molecule has 2 aromatic carbocycles. The molecule has 1 aliphatic rings. The summed E-state index contributed by atoms with van der Waals surface area (Å²) < 4.78 is 18.7. The molecule has 3 rings (SSSR count). The lowest BCUT2D eigenvalue weighted by atomic mass is 10.2. The molecule has 0 radical (unpaired) electrons. The van der Waals surface area contributed by atoms with E-state index in [1.807, 2.05) is 24.3 Å². The first-order valence-corrected chi connectivity index (χ1v) is 7.19. The van der Waals surface area contributed by atoms with E-state index in [0.717, 1.165) is 26.1 Å². The van der Waals surface area contributed by atoms with E-state index in [4.69, 9.17) is 10.5 Å². The minimum absolute atomic E-state index is 0. The van der Waals surface area contributed by atoms with Crippen LogP contribution in [0.5, 0.6) is 11.5 Å². The van der Waals surface area contributed by atoms with Crippen LogP contribution >= 0.6 is 12.4 Å². The number of benzene rings is 2. The quantitative estimate of drug-likeness (QED) is 0.935. The molecular formula is C17H20ClFN2O. The number of nitrogens with zero attached hydrogens (tertiary/aromatic N) is 1. The third-order valence-electron chi connectivity index (χ3n) is 3.67. The van der Waals surface area contributed by atoms with Crippen molar-refractivity contribution < 1.29 is 9.13 Å². The summed E-state index contributed by atoms with van der Waals surface area (Å²) in [5, 5.41) is 0. The van der Waals surface area contributed by atoms with Crippen molar-refractivity contribution in [1.82, 2.24) is 4.90 Å². The minimum atomic E-state index is -0.297. The number of rotatable bonds is 4. The van der Waals surface area contributed by atoms with Crippen LogP contribution in [0.1, 0.15) is 12.0 Å². The Balaban J connectivity index is 0.00000176. The molecule has 0 amide bonds. The Morgan fingerprint density at radius 3 is 2.55 bits per heavy atom. The maximum absolute atomic E-state index is 13.1. The normalized spacial score (nSPS) is 18.0. The van der Waals surface area contributed by atoms with Gasteiger partial charge in [-0.25, -0.2) is 4.39 Å². The van der Waals surface area contributed by atoms with Crippen molar-refractivity contribution in [3.05, 3.63) is 59.9 Å². The summed E-state index contributed by atoms with van der Waals surface area (Å²) in [6.07, 6.45) is 1.07. The van der Waals surface area contributed by atoms with Gasteiger partial charge in [0.25, 0.3) is 0 Å². The number of likely N-dealkylation sites (tertiary alicyclic amines) is 1. The van der Waals surface area contributed by atoms with Gasteiger partial charge in [-0.05, 0) is 36.2 Å². The van der Waals surface area contributed by atoms with Crippen LogP contribution in [0, 0.1) is 5.82 Å². The fourth-order valence-electron chi connectivity index (χ4n) is 2.59. The van der Waals surface area contributed by atoms with Gasteiger partial charge in [-0.3, -0.25) is 4.90 Å². The zero-order valence-corrected chi connectivity index (χ0v) is 13.1. The van der Waals surface area contributed by atoms with Crippen LogP contribution in [0.3, 0.4) is 0 Å². The molecular weight excluding hydrogens is 303 g/mol. The third kappa shape index (κ3) is 4.44. The van der Waals surface area contributed by atoms with Crippen LogP contribution in [0.25, 0.3) is 0 Å². The number of ether oxygens (including phenoxy) is 1. The molecule has 0 aromatic heterocycles. The Labute approximate surface area is 136 Å². The van der Waals surface area contributed by atoms with Crippen LogP contribution in [0.15, 0.2) is 48.5 Å². The first kappa shape index (κ1) is 16.7. The third-order valence-corrected chi connectivity index (χ3v) is 3.67. The maximum Gasteiger partial charge on any atom is 0.130 e. The zero-order valence-electron chi connectivity index (χ0n) is 12.2. The van der Waals surface area contributed by atoms with Gasteiger partial charge in [0, 0.05) is 31.7 Å². The Hall–Kier alpha value is -1.62. The predicted molar refractivity (Wildman–Crippen MR) is 88.0 cm³/mol. The Morgan fingerprint density at radius 2 is 1.91 bits per heavy atom. The van der Waals surface area contributed by atoms with Crippen LogP contribution in [-0.4, -0.2) is 24.0 Å². The largest absolute Gasteiger partial charge is 0.457 e. The van der Waals surface area contributed by atoms with Gasteiger partial charge in [0.2, 0.25) is 0 Å². The predicted octanol–water partition coefficient (Wildman–Crippen LogP) is 3.57. The fraction of sp³-hybridized carbons (Fsp3) is 0.294. The molecule has 0 spiro atoms. The molecule has 1 atom stereocenters. The van der Waals surface area contributed by atoms with Crippen molar-refractivity contribution in [1.29, 1.82) is 0 Å². The molecule has 118 valence electrons. The fourth-order valence-corrected chi connectivity index (χ4v) is 2.59. The molecule has 2 N–H and O–H groups in total. The van der Waals surface area contributed by atoms with Gasteiger partial charge in [-0.15, -0.1) is 12.4 Å². The van der Waals surface area contributed by atoms with E-state index in [2.05, 4.69) is 4.90 Å². The molecule has 5 heteroatoms. The summed E-state index contributed by atoms with van der Waals surface area (Å²) in [6, 6.07) is 14.4. The molecule has 1 heterocycles. The lowest BCUT2D eigenvalue weighted by molar-refractivity contribution is 0.327. The maximum atomic E-state index is 13.1. The minimum Gasteiger partial charge on any atom is -0.457 e. The summed E-state index contributed by atoms with van der Waals surface area (Å²) in [5.74, 6) is 0.922. The highest BCUT2D eigenvalue weighted by molar-refractivity contribution is 5.85. The molecule has 1 aliphatic heterocycles. The highest BCUT2D eigenvalue weighted by atomic mass is 35.5. The lowest BCUT2D eigenvalue weighted by Crippen LogP contribution is -2.26. The second-order valence-electron chi connectivity index (χ2n) is 5.49. The van der Waals surface area contributed by atoms with Crippen LogP contribution in [-0.2, 0) is 6.54 Å². The van der Waals surface area contributed by atoms with Gasteiger partial charge < -0.3 is 10.5 Å². The van der Waals surface area contributed by atoms with E-state index < -0.39 is 0 Å². The highest BCUT2D eigenvalue weighted by Gasteiger charge is 2.18.